The molecule has 1 atom stereocenters. The lowest BCUT2D eigenvalue weighted by molar-refractivity contribution is -0.121. The molecule has 1 heterocycles. The Balaban J connectivity index is 1.61. The van der Waals surface area contributed by atoms with Crippen molar-refractivity contribution in [2.24, 2.45) is 0 Å². The zero-order valence-corrected chi connectivity index (χ0v) is 15.7. The molecule has 2 rings (SSSR count). The van der Waals surface area contributed by atoms with Gasteiger partial charge in [0.2, 0.25) is 5.91 Å². The fourth-order valence-corrected chi connectivity index (χ4v) is 3.63. The number of nitrogens with zero attached hydrogens (tertiary/aromatic N) is 1. The zero-order valence-electron chi connectivity index (χ0n) is 15.7. The van der Waals surface area contributed by atoms with Crippen molar-refractivity contribution in [3.05, 3.63) is 34.9 Å². The minimum Gasteiger partial charge on any atom is -0.356 e. The van der Waals surface area contributed by atoms with Crippen molar-refractivity contribution in [3.8, 4) is 0 Å². The van der Waals surface area contributed by atoms with Gasteiger partial charge in [-0.25, -0.2) is 0 Å². The highest BCUT2D eigenvalue weighted by Crippen LogP contribution is 2.19. The maximum atomic E-state index is 12.0. The number of benzene rings is 1. The number of aryl methyl sites for hydroxylation is 3. The minimum atomic E-state index is 0.180. The number of hydrogen-bond acceptors (Lipinski definition) is 2. The second-order valence-corrected chi connectivity index (χ2v) is 7.22. The summed E-state index contributed by atoms with van der Waals surface area (Å²) in [5.74, 6) is 0.180. The van der Waals surface area contributed by atoms with E-state index in [1.54, 1.807) is 0 Å². The minimum absolute atomic E-state index is 0.180. The van der Waals surface area contributed by atoms with Gasteiger partial charge in [0.15, 0.2) is 0 Å². The first kappa shape index (κ1) is 19.0. The van der Waals surface area contributed by atoms with Crippen LogP contribution in [0.5, 0.6) is 0 Å². The highest BCUT2D eigenvalue weighted by molar-refractivity contribution is 5.76. The lowest BCUT2D eigenvalue weighted by Crippen LogP contribution is -2.40. The molecule has 1 fully saturated rings. The number of piperidine rings is 1. The van der Waals surface area contributed by atoms with E-state index in [9.17, 15) is 4.79 Å². The molecule has 3 nitrogen and oxygen atoms in total. The normalized spacial score (nSPS) is 18.5. The maximum Gasteiger partial charge on any atom is 0.220 e. The van der Waals surface area contributed by atoms with E-state index in [4.69, 9.17) is 0 Å². The van der Waals surface area contributed by atoms with Crippen LogP contribution in [-0.2, 0) is 11.2 Å². The number of nitrogens with one attached hydrogen (secondary N) is 1. The van der Waals surface area contributed by atoms with E-state index in [0.29, 0.717) is 6.42 Å². The van der Waals surface area contributed by atoms with Gasteiger partial charge < -0.3 is 10.2 Å². The molecule has 134 valence electrons. The molecular weight excluding hydrogens is 296 g/mol. The van der Waals surface area contributed by atoms with Gasteiger partial charge in [0.25, 0.3) is 0 Å². The molecular formula is C21H34N2O. The smallest absolute Gasteiger partial charge is 0.220 e. The Bertz CT molecular complexity index is 527. The summed E-state index contributed by atoms with van der Waals surface area (Å²) >= 11 is 0. The van der Waals surface area contributed by atoms with Gasteiger partial charge >= 0.3 is 0 Å². The van der Waals surface area contributed by atoms with Crippen LogP contribution >= 0.6 is 0 Å². The Hall–Kier alpha value is -1.35. The maximum absolute atomic E-state index is 12.0. The average Bonchev–Trinajstić information content (AvgIpc) is 2.60. The third kappa shape index (κ3) is 5.94. The number of carbonyl (C=O) groups is 1. The molecule has 0 aromatic heterocycles. The molecule has 0 spiro atoms. The second kappa shape index (κ2) is 9.83. The third-order valence-electron chi connectivity index (χ3n) is 5.38. The summed E-state index contributed by atoms with van der Waals surface area (Å²) < 4.78 is 0. The van der Waals surface area contributed by atoms with Gasteiger partial charge in [0.05, 0.1) is 0 Å². The van der Waals surface area contributed by atoms with E-state index in [-0.39, 0.29) is 5.91 Å². The van der Waals surface area contributed by atoms with E-state index >= 15 is 0 Å². The fraction of sp³-hybridized carbons (Fsp3) is 0.667. The summed E-state index contributed by atoms with van der Waals surface area (Å²) in [4.78, 5) is 14.6. The standard InChI is InChI=1S/C21H34N2O/c1-4-20-8-5-6-14-23(20)15-7-13-22-21(24)12-11-19-10-9-17(2)18(3)16-19/h9-10,16,20H,4-8,11-15H2,1-3H3,(H,22,24)/t20-/m1/s1. The van der Waals surface area contributed by atoms with Crippen LogP contribution in [0, 0.1) is 13.8 Å². The fourth-order valence-electron chi connectivity index (χ4n) is 3.63. The molecule has 1 aromatic carbocycles. The molecule has 0 radical (unpaired) electrons. The lowest BCUT2D eigenvalue weighted by atomic mass is 10.00. The Morgan fingerprint density at radius 2 is 2.08 bits per heavy atom. The van der Waals surface area contributed by atoms with Gasteiger partial charge in [-0.2, -0.15) is 0 Å². The molecule has 1 amide bonds. The Kier molecular flexibility index (Phi) is 7.77. The van der Waals surface area contributed by atoms with Crippen LogP contribution in [0.15, 0.2) is 18.2 Å². The van der Waals surface area contributed by atoms with Crippen molar-refractivity contribution in [1.82, 2.24) is 10.2 Å². The number of carbonyl (C=O) groups excluding carboxylic acids is 1. The summed E-state index contributed by atoms with van der Waals surface area (Å²) in [6, 6.07) is 7.24. The molecule has 0 bridgehead atoms. The van der Waals surface area contributed by atoms with Crippen LogP contribution in [-0.4, -0.2) is 36.5 Å². The van der Waals surface area contributed by atoms with Gasteiger partial charge in [0.1, 0.15) is 0 Å². The van der Waals surface area contributed by atoms with Crippen molar-refractivity contribution in [3.63, 3.8) is 0 Å². The first-order valence-corrected chi connectivity index (χ1v) is 9.67. The first-order valence-electron chi connectivity index (χ1n) is 9.67. The zero-order chi connectivity index (χ0) is 17.4. The van der Waals surface area contributed by atoms with Gasteiger partial charge in [-0.3, -0.25) is 4.79 Å². The van der Waals surface area contributed by atoms with Crippen LogP contribution in [0.25, 0.3) is 0 Å². The monoisotopic (exact) mass is 330 g/mol. The largest absolute Gasteiger partial charge is 0.356 e. The summed E-state index contributed by atoms with van der Waals surface area (Å²) in [5, 5.41) is 3.09. The van der Waals surface area contributed by atoms with E-state index in [1.807, 2.05) is 0 Å². The molecule has 1 N–H and O–H groups in total. The number of hydrogen-bond donors (Lipinski definition) is 1. The van der Waals surface area contributed by atoms with Crippen molar-refractivity contribution in [1.29, 1.82) is 0 Å². The number of likely N-dealkylation sites (tertiary alicyclic amines) is 1. The third-order valence-corrected chi connectivity index (χ3v) is 5.38. The molecule has 1 aliphatic heterocycles. The highest BCUT2D eigenvalue weighted by atomic mass is 16.1. The molecule has 0 aliphatic carbocycles. The predicted octanol–water partition coefficient (Wildman–Crippen LogP) is 4.01. The van der Waals surface area contributed by atoms with Crippen LogP contribution in [0.1, 0.15) is 62.1 Å². The van der Waals surface area contributed by atoms with Crippen molar-refractivity contribution < 1.29 is 4.79 Å². The van der Waals surface area contributed by atoms with Crippen molar-refractivity contribution in [2.45, 2.75) is 71.8 Å². The molecule has 3 heteroatoms. The molecule has 24 heavy (non-hydrogen) atoms. The van der Waals surface area contributed by atoms with Gasteiger partial charge in [-0.15, -0.1) is 0 Å². The highest BCUT2D eigenvalue weighted by Gasteiger charge is 2.19. The van der Waals surface area contributed by atoms with E-state index < -0.39 is 0 Å². The predicted molar refractivity (Wildman–Crippen MR) is 101 cm³/mol. The summed E-state index contributed by atoms with van der Waals surface area (Å²) in [7, 11) is 0. The lowest BCUT2D eigenvalue weighted by Gasteiger charge is -2.35. The second-order valence-electron chi connectivity index (χ2n) is 7.22. The molecule has 1 aliphatic rings. The van der Waals surface area contributed by atoms with E-state index in [1.165, 1.54) is 48.9 Å². The SMILES string of the molecule is CC[C@@H]1CCCCN1CCCNC(=O)CCc1ccc(C)c(C)c1. The summed E-state index contributed by atoms with van der Waals surface area (Å²) in [5.41, 5.74) is 3.87. The van der Waals surface area contributed by atoms with Gasteiger partial charge in [0, 0.05) is 25.6 Å². The number of amides is 1. The number of rotatable bonds is 8. The molecule has 1 saturated heterocycles. The van der Waals surface area contributed by atoms with Crippen LogP contribution in [0.3, 0.4) is 0 Å². The summed E-state index contributed by atoms with van der Waals surface area (Å²) in [6.45, 7) is 9.70. The topological polar surface area (TPSA) is 32.3 Å². The Morgan fingerprint density at radius 1 is 1.25 bits per heavy atom. The van der Waals surface area contributed by atoms with Gasteiger partial charge in [-0.1, -0.05) is 31.5 Å². The van der Waals surface area contributed by atoms with E-state index in [2.05, 4.69) is 49.2 Å². The molecule has 0 saturated carbocycles. The average molecular weight is 331 g/mol. The Morgan fingerprint density at radius 3 is 2.83 bits per heavy atom. The van der Waals surface area contributed by atoms with E-state index in [0.717, 1.165) is 32.0 Å². The molecule has 0 unspecified atom stereocenters. The molecule has 1 aromatic rings. The first-order chi connectivity index (χ1) is 11.6. The van der Waals surface area contributed by atoms with Crippen LogP contribution in [0.2, 0.25) is 0 Å². The van der Waals surface area contributed by atoms with Crippen LogP contribution in [0.4, 0.5) is 0 Å². The van der Waals surface area contributed by atoms with Crippen LogP contribution < -0.4 is 5.32 Å². The van der Waals surface area contributed by atoms with Crippen molar-refractivity contribution in [2.75, 3.05) is 19.6 Å². The van der Waals surface area contributed by atoms with Gasteiger partial charge in [-0.05, 0) is 69.2 Å². The summed E-state index contributed by atoms with van der Waals surface area (Å²) in [6.07, 6.45) is 7.79. The Labute approximate surface area is 147 Å². The van der Waals surface area contributed by atoms with Crippen molar-refractivity contribution >= 4 is 5.91 Å². The quantitative estimate of drug-likeness (QED) is 0.731.